The first-order chi connectivity index (χ1) is 9.13. The average Bonchev–Trinajstić information content (AvgIpc) is 2.42. The van der Waals surface area contributed by atoms with Crippen molar-refractivity contribution < 1.29 is 9.90 Å². The Morgan fingerprint density at radius 3 is 2.32 bits per heavy atom. The van der Waals surface area contributed by atoms with Crippen molar-refractivity contribution in [1.82, 2.24) is 0 Å². The van der Waals surface area contributed by atoms with E-state index in [1.165, 1.54) is 5.56 Å². The molecule has 2 aromatic rings. The molecule has 0 aliphatic rings. The standard InChI is InChI=1S/C16H17NO2/c1-3-17(13-10-8-12(2)9-11-13)15-7-5-4-6-14(15)16(18)19/h4-11H,3H2,1-2H3,(H,18,19). The molecule has 0 aliphatic heterocycles. The van der Waals surface area contributed by atoms with Gasteiger partial charge in [0.25, 0.3) is 0 Å². The van der Waals surface area contributed by atoms with Crippen LogP contribution in [0.25, 0.3) is 0 Å². The van der Waals surface area contributed by atoms with E-state index < -0.39 is 5.97 Å². The monoisotopic (exact) mass is 255 g/mol. The first-order valence-corrected chi connectivity index (χ1v) is 6.30. The normalized spacial score (nSPS) is 10.2. The van der Waals surface area contributed by atoms with E-state index in [4.69, 9.17) is 0 Å². The van der Waals surface area contributed by atoms with E-state index in [0.717, 1.165) is 11.4 Å². The van der Waals surface area contributed by atoms with Crippen LogP contribution in [-0.4, -0.2) is 17.6 Å². The van der Waals surface area contributed by atoms with Crippen LogP contribution in [0.1, 0.15) is 22.8 Å². The highest BCUT2D eigenvalue weighted by atomic mass is 16.4. The quantitative estimate of drug-likeness (QED) is 0.902. The highest BCUT2D eigenvalue weighted by Crippen LogP contribution is 2.28. The molecular weight excluding hydrogens is 238 g/mol. The number of benzene rings is 2. The van der Waals surface area contributed by atoms with Gasteiger partial charge in [-0.2, -0.15) is 0 Å². The molecule has 2 aromatic carbocycles. The van der Waals surface area contributed by atoms with Crippen LogP contribution in [0.4, 0.5) is 11.4 Å². The van der Waals surface area contributed by atoms with Gasteiger partial charge in [-0.25, -0.2) is 4.79 Å². The lowest BCUT2D eigenvalue weighted by atomic mass is 10.1. The van der Waals surface area contributed by atoms with E-state index in [1.807, 2.05) is 55.1 Å². The molecule has 3 nitrogen and oxygen atoms in total. The Balaban J connectivity index is 2.48. The predicted molar refractivity (Wildman–Crippen MR) is 77.3 cm³/mol. The Hall–Kier alpha value is -2.29. The lowest BCUT2D eigenvalue weighted by Gasteiger charge is -2.25. The summed E-state index contributed by atoms with van der Waals surface area (Å²) in [4.78, 5) is 13.3. The summed E-state index contributed by atoms with van der Waals surface area (Å²) in [5.74, 6) is -0.902. The molecule has 98 valence electrons. The molecule has 0 aromatic heterocycles. The van der Waals surface area contributed by atoms with Crippen molar-refractivity contribution in [3.63, 3.8) is 0 Å². The summed E-state index contributed by atoms with van der Waals surface area (Å²) in [5.41, 5.74) is 3.24. The van der Waals surface area contributed by atoms with Crippen molar-refractivity contribution in [3.8, 4) is 0 Å². The summed E-state index contributed by atoms with van der Waals surface area (Å²) in [7, 11) is 0. The van der Waals surface area contributed by atoms with Gasteiger partial charge in [0.05, 0.1) is 11.3 Å². The fourth-order valence-corrected chi connectivity index (χ4v) is 2.11. The lowest BCUT2D eigenvalue weighted by molar-refractivity contribution is 0.0697. The van der Waals surface area contributed by atoms with E-state index in [9.17, 15) is 9.90 Å². The van der Waals surface area contributed by atoms with Crippen molar-refractivity contribution in [2.24, 2.45) is 0 Å². The molecule has 0 saturated carbocycles. The van der Waals surface area contributed by atoms with Gasteiger partial charge in [-0.1, -0.05) is 29.8 Å². The van der Waals surface area contributed by atoms with Crippen molar-refractivity contribution in [1.29, 1.82) is 0 Å². The van der Waals surface area contributed by atoms with Crippen LogP contribution in [0.5, 0.6) is 0 Å². The van der Waals surface area contributed by atoms with Crippen LogP contribution < -0.4 is 4.90 Å². The van der Waals surface area contributed by atoms with E-state index in [0.29, 0.717) is 12.1 Å². The molecule has 0 fully saturated rings. The number of carboxylic acid groups (broad SMARTS) is 1. The second-order valence-corrected chi connectivity index (χ2v) is 4.40. The molecule has 2 rings (SSSR count). The van der Waals surface area contributed by atoms with Gasteiger partial charge >= 0.3 is 5.97 Å². The summed E-state index contributed by atoms with van der Waals surface area (Å²) < 4.78 is 0. The van der Waals surface area contributed by atoms with E-state index >= 15 is 0 Å². The van der Waals surface area contributed by atoms with Gasteiger partial charge in [-0.05, 0) is 38.1 Å². The zero-order chi connectivity index (χ0) is 13.8. The molecule has 0 saturated heterocycles. The molecule has 0 bridgehead atoms. The fraction of sp³-hybridized carbons (Fsp3) is 0.188. The van der Waals surface area contributed by atoms with E-state index in [-0.39, 0.29) is 0 Å². The number of nitrogens with zero attached hydrogens (tertiary/aromatic N) is 1. The maximum absolute atomic E-state index is 11.3. The molecular formula is C16H17NO2. The largest absolute Gasteiger partial charge is 0.478 e. The van der Waals surface area contributed by atoms with Gasteiger partial charge in [0.15, 0.2) is 0 Å². The minimum absolute atomic E-state index is 0.324. The van der Waals surface area contributed by atoms with Crippen LogP contribution in [0.15, 0.2) is 48.5 Å². The number of rotatable bonds is 4. The number of para-hydroxylation sites is 1. The van der Waals surface area contributed by atoms with Gasteiger partial charge in [-0.3, -0.25) is 0 Å². The number of anilines is 2. The van der Waals surface area contributed by atoms with E-state index in [2.05, 4.69) is 0 Å². The van der Waals surface area contributed by atoms with Crippen LogP contribution in [0.3, 0.4) is 0 Å². The number of aromatic carboxylic acids is 1. The van der Waals surface area contributed by atoms with Crippen LogP contribution in [0.2, 0.25) is 0 Å². The molecule has 0 amide bonds. The van der Waals surface area contributed by atoms with E-state index in [1.54, 1.807) is 12.1 Å². The van der Waals surface area contributed by atoms with Crippen molar-refractivity contribution in [3.05, 3.63) is 59.7 Å². The first kappa shape index (κ1) is 13.1. The third-order valence-corrected chi connectivity index (χ3v) is 3.09. The average molecular weight is 255 g/mol. The first-order valence-electron chi connectivity index (χ1n) is 6.30. The van der Waals surface area contributed by atoms with Crippen LogP contribution >= 0.6 is 0 Å². The summed E-state index contributed by atoms with van der Waals surface area (Å²) in [6.07, 6.45) is 0. The minimum Gasteiger partial charge on any atom is -0.478 e. The molecule has 0 unspecified atom stereocenters. The summed E-state index contributed by atoms with van der Waals surface area (Å²) in [6, 6.07) is 15.2. The predicted octanol–water partition coefficient (Wildman–Crippen LogP) is 3.85. The third-order valence-electron chi connectivity index (χ3n) is 3.09. The Morgan fingerprint density at radius 2 is 1.74 bits per heavy atom. The maximum Gasteiger partial charge on any atom is 0.337 e. The molecule has 19 heavy (non-hydrogen) atoms. The zero-order valence-corrected chi connectivity index (χ0v) is 11.1. The van der Waals surface area contributed by atoms with Crippen LogP contribution in [-0.2, 0) is 0 Å². The maximum atomic E-state index is 11.3. The van der Waals surface area contributed by atoms with Crippen LogP contribution in [0, 0.1) is 6.92 Å². The fourth-order valence-electron chi connectivity index (χ4n) is 2.11. The highest BCUT2D eigenvalue weighted by molar-refractivity contribution is 5.95. The lowest BCUT2D eigenvalue weighted by Crippen LogP contribution is -2.19. The number of aryl methyl sites for hydroxylation is 1. The Morgan fingerprint density at radius 1 is 1.11 bits per heavy atom. The Bertz CT molecular complexity index is 576. The number of hydrogen-bond donors (Lipinski definition) is 1. The summed E-state index contributed by atoms with van der Waals surface area (Å²) in [5, 5.41) is 9.27. The molecule has 0 aliphatic carbocycles. The number of hydrogen-bond acceptors (Lipinski definition) is 2. The van der Waals surface area contributed by atoms with Crippen molar-refractivity contribution in [2.75, 3.05) is 11.4 Å². The summed E-state index contributed by atoms with van der Waals surface area (Å²) >= 11 is 0. The number of carbonyl (C=O) groups is 1. The smallest absolute Gasteiger partial charge is 0.337 e. The van der Waals surface area contributed by atoms with Gasteiger partial charge in [0, 0.05) is 12.2 Å². The molecule has 1 N–H and O–H groups in total. The van der Waals surface area contributed by atoms with Gasteiger partial charge in [-0.15, -0.1) is 0 Å². The molecule has 0 radical (unpaired) electrons. The minimum atomic E-state index is -0.902. The summed E-state index contributed by atoms with van der Waals surface area (Å²) in [6.45, 7) is 4.76. The molecule has 3 heteroatoms. The third kappa shape index (κ3) is 2.76. The van der Waals surface area contributed by atoms with Gasteiger partial charge < -0.3 is 10.0 Å². The SMILES string of the molecule is CCN(c1ccc(C)cc1)c1ccccc1C(=O)O. The second-order valence-electron chi connectivity index (χ2n) is 4.40. The second kappa shape index (κ2) is 5.57. The zero-order valence-electron chi connectivity index (χ0n) is 11.1. The van der Waals surface area contributed by atoms with Gasteiger partial charge in [0.2, 0.25) is 0 Å². The molecule has 0 spiro atoms. The highest BCUT2D eigenvalue weighted by Gasteiger charge is 2.15. The molecule has 0 atom stereocenters. The number of carboxylic acids is 1. The Labute approximate surface area is 113 Å². The van der Waals surface area contributed by atoms with Crippen molar-refractivity contribution in [2.45, 2.75) is 13.8 Å². The van der Waals surface area contributed by atoms with Crippen molar-refractivity contribution >= 4 is 17.3 Å². The van der Waals surface area contributed by atoms with Gasteiger partial charge in [0.1, 0.15) is 0 Å². The molecule has 0 heterocycles. The Kier molecular flexibility index (Phi) is 3.85. The topological polar surface area (TPSA) is 40.5 Å².